The third kappa shape index (κ3) is 2.69. The molecule has 0 saturated heterocycles. The zero-order chi connectivity index (χ0) is 16.7. The average molecular weight is 332 g/mol. The summed E-state index contributed by atoms with van der Waals surface area (Å²) in [6.45, 7) is 8.13. The molecule has 0 amide bonds. The summed E-state index contributed by atoms with van der Waals surface area (Å²) in [5.74, 6) is -0.895. The first-order valence-electron chi connectivity index (χ1n) is 7.54. The molecule has 0 unspecified atom stereocenters. The number of halogens is 2. The van der Waals surface area contributed by atoms with E-state index in [4.69, 9.17) is 8.84 Å². The van der Waals surface area contributed by atoms with Gasteiger partial charge in [0.05, 0.1) is 0 Å². The fourth-order valence-corrected chi connectivity index (χ4v) is 4.76. The molecule has 3 aromatic rings. The first-order chi connectivity index (χ1) is 10.9. The van der Waals surface area contributed by atoms with Crippen LogP contribution < -0.4 is 4.43 Å². The van der Waals surface area contributed by atoms with Gasteiger partial charge in [0.25, 0.3) is 0 Å². The second-order valence-corrected chi connectivity index (χ2v) is 9.18. The lowest BCUT2D eigenvalue weighted by atomic mass is 10.1. The number of benzene rings is 2. The maximum absolute atomic E-state index is 14.8. The fourth-order valence-electron chi connectivity index (χ4n) is 2.77. The van der Waals surface area contributed by atoms with Crippen LogP contribution in [0.1, 0.15) is 27.7 Å². The maximum atomic E-state index is 14.8. The van der Waals surface area contributed by atoms with E-state index >= 15 is 0 Å². The lowest BCUT2D eigenvalue weighted by Crippen LogP contribution is -2.23. The van der Waals surface area contributed by atoms with E-state index in [2.05, 4.69) is 13.8 Å². The summed E-state index contributed by atoms with van der Waals surface area (Å²) in [7, 11) is -1.30. The summed E-state index contributed by atoms with van der Waals surface area (Å²) in [4.78, 5) is 0. The Hall–Kier alpha value is -2.01. The number of para-hydroxylation sites is 1. The summed E-state index contributed by atoms with van der Waals surface area (Å²) in [5.41, 5.74) is 0.431. The van der Waals surface area contributed by atoms with Gasteiger partial charge in [-0.15, -0.1) is 0 Å². The second-order valence-electron chi connectivity index (χ2n) is 6.09. The molecule has 0 bridgehead atoms. The lowest BCUT2D eigenvalue weighted by molar-refractivity contribution is 0.496. The SMILES string of the molecule is CC(C)=[Si](Oc1ccc2c(oc3c(F)cccc32)c1F)C(C)C. The van der Waals surface area contributed by atoms with Crippen LogP contribution in [0.15, 0.2) is 34.7 Å². The highest BCUT2D eigenvalue weighted by Gasteiger charge is 2.19. The predicted octanol–water partition coefficient (Wildman–Crippen LogP) is 5.44. The summed E-state index contributed by atoms with van der Waals surface area (Å²) in [6.07, 6.45) is 0. The van der Waals surface area contributed by atoms with E-state index in [1.807, 2.05) is 13.8 Å². The van der Waals surface area contributed by atoms with E-state index in [9.17, 15) is 8.78 Å². The van der Waals surface area contributed by atoms with Crippen LogP contribution in [-0.2, 0) is 0 Å². The number of hydrogen-bond donors (Lipinski definition) is 0. The molecule has 0 atom stereocenters. The van der Waals surface area contributed by atoms with E-state index < -0.39 is 20.3 Å². The van der Waals surface area contributed by atoms with Crippen molar-refractivity contribution in [2.75, 3.05) is 0 Å². The highest BCUT2D eigenvalue weighted by molar-refractivity contribution is 6.67. The zero-order valence-electron chi connectivity index (χ0n) is 13.5. The minimum Gasteiger partial charge on any atom is -0.514 e. The molecule has 120 valence electrons. The van der Waals surface area contributed by atoms with Crippen molar-refractivity contribution in [3.63, 3.8) is 0 Å². The van der Waals surface area contributed by atoms with Crippen LogP contribution in [-0.4, -0.2) is 13.8 Å². The molecule has 23 heavy (non-hydrogen) atoms. The van der Waals surface area contributed by atoms with Crippen molar-refractivity contribution in [3.05, 3.63) is 42.0 Å². The highest BCUT2D eigenvalue weighted by atomic mass is 28.3. The Morgan fingerprint density at radius 1 is 1.04 bits per heavy atom. The monoisotopic (exact) mass is 332 g/mol. The Bertz CT molecular complexity index is 922. The first kappa shape index (κ1) is 15.9. The predicted molar refractivity (Wildman–Crippen MR) is 91.5 cm³/mol. The van der Waals surface area contributed by atoms with Crippen molar-refractivity contribution in [1.29, 1.82) is 0 Å². The van der Waals surface area contributed by atoms with Crippen LogP contribution in [0.25, 0.3) is 21.9 Å². The molecule has 1 aromatic heterocycles. The molecule has 5 heteroatoms. The van der Waals surface area contributed by atoms with Crippen LogP contribution in [0.2, 0.25) is 5.54 Å². The topological polar surface area (TPSA) is 22.4 Å². The molecular weight excluding hydrogens is 314 g/mol. The van der Waals surface area contributed by atoms with E-state index in [1.54, 1.807) is 24.3 Å². The van der Waals surface area contributed by atoms with Crippen LogP contribution in [0.4, 0.5) is 8.78 Å². The van der Waals surface area contributed by atoms with E-state index in [1.165, 1.54) is 11.2 Å². The molecule has 0 aliphatic heterocycles. The molecule has 3 rings (SSSR count). The quantitative estimate of drug-likeness (QED) is 0.596. The lowest BCUT2D eigenvalue weighted by Gasteiger charge is -2.15. The van der Waals surface area contributed by atoms with Gasteiger partial charge in [0.15, 0.2) is 17.0 Å². The van der Waals surface area contributed by atoms with E-state index in [0.717, 1.165) is 0 Å². The zero-order valence-corrected chi connectivity index (χ0v) is 14.5. The van der Waals surface area contributed by atoms with Crippen molar-refractivity contribution >= 4 is 35.8 Å². The van der Waals surface area contributed by atoms with E-state index in [-0.39, 0.29) is 16.9 Å². The average Bonchev–Trinajstić information content (AvgIpc) is 2.87. The van der Waals surface area contributed by atoms with Crippen LogP contribution in [0.5, 0.6) is 5.75 Å². The molecule has 0 N–H and O–H groups in total. The van der Waals surface area contributed by atoms with Crippen LogP contribution in [0.3, 0.4) is 0 Å². The molecule has 0 saturated carbocycles. The minimum absolute atomic E-state index is 0.0430. The smallest absolute Gasteiger partial charge is 0.241 e. The summed E-state index contributed by atoms with van der Waals surface area (Å²) in [6, 6.07) is 7.94. The standard InChI is InChI=1S/C18H18F2O2Si/c1-10(2)23(11(3)4)22-15-9-8-13-12-6-5-7-14(19)17(12)21-18(13)16(15)20/h5-10H,1-4H3. The normalized spacial score (nSPS) is 11.4. The summed E-state index contributed by atoms with van der Waals surface area (Å²) < 4.78 is 40.0. The van der Waals surface area contributed by atoms with Gasteiger partial charge < -0.3 is 8.84 Å². The number of hydrogen-bond acceptors (Lipinski definition) is 2. The van der Waals surface area contributed by atoms with Gasteiger partial charge in [-0.3, -0.25) is 0 Å². The highest BCUT2D eigenvalue weighted by Crippen LogP contribution is 2.35. The molecule has 0 spiro atoms. The number of furan rings is 1. The van der Waals surface area contributed by atoms with Crippen molar-refractivity contribution < 1.29 is 17.6 Å². The van der Waals surface area contributed by atoms with Gasteiger partial charge in [0.1, 0.15) is 5.75 Å². The molecule has 2 nitrogen and oxygen atoms in total. The van der Waals surface area contributed by atoms with Crippen molar-refractivity contribution in [2.45, 2.75) is 33.2 Å². The Balaban J connectivity index is 2.18. The molecule has 2 aromatic carbocycles. The molecule has 0 aliphatic rings. The van der Waals surface area contributed by atoms with Gasteiger partial charge in [-0.2, -0.15) is 4.39 Å². The Morgan fingerprint density at radius 3 is 2.39 bits per heavy atom. The third-order valence-electron chi connectivity index (χ3n) is 3.76. The molecular formula is C18H18F2O2Si. The van der Waals surface area contributed by atoms with Gasteiger partial charge >= 0.3 is 0 Å². The van der Waals surface area contributed by atoms with Crippen molar-refractivity contribution in [1.82, 2.24) is 0 Å². The Labute approximate surface area is 135 Å². The fraction of sp³-hybridized carbons (Fsp3) is 0.278. The van der Waals surface area contributed by atoms with Gasteiger partial charge in [-0.25, -0.2) is 4.39 Å². The summed E-state index contributed by atoms with van der Waals surface area (Å²) >= 11 is 0. The number of fused-ring (bicyclic) bond motifs is 3. The van der Waals surface area contributed by atoms with Crippen molar-refractivity contribution in [3.8, 4) is 5.75 Å². The molecule has 0 radical (unpaired) electrons. The first-order valence-corrected chi connectivity index (χ1v) is 9.03. The van der Waals surface area contributed by atoms with Gasteiger partial charge in [-0.05, 0) is 37.6 Å². The minimum atomic E-state index is -1.30. The Morgan fingerprint density at radius 2 is 1.74 bits per heavy atom. The second kappa shape index (κ2) is 5.89. The van der Waals surface area contributed by atoms with E-state index in [0.29, 0.717) is 16.3 Å². The largest absolute Gasteiger partial charge is 0.514 e. The Kier molecular flexibility index (Phi) is 4.06. The molecule has 1 heterocycles. The van der Waals surface area contributed by atoms with Crippen LogP contribution in [0, 0.1) is 11.6 Å². The van der Waals surface area contributed by atoms with Gasteiger partial charge in [-0.1, -0.05) is 31.1 Å². The van der Waals surface area contributed by atoms with Crippen LogP contribution >= 0.6 is 0 Å². The molecule has 0 fully saturated rings. The molecule has 0 aliphatic carbocycles. The number of rotatable bonds is 3. The van der Waals surface area contributed by atoms with Gasteiger partial charge in [0, 0.05) is 10.8 Å². The van der Waals surface area contributed by atoms with Crippen molar-refractivity contribution in [2.24, 2.45) is 0 Å². The maximum Gasteiger partial charge on any atom is 0.241 e. The van der Waals surface area contributed by atoms with Gasteiger partial charge in [0.2, 0.25) is 14.5 Å². The summed E-state index contributed by atoms with van der Waals surface area (Å²) in [5, 5.41) is 2.29. The third-order valence-corrected chi connectivity index (χ3v) is 6.23.